The normalized spacial score (nSPS) is 11.2. The molecule has 2 nitrogen and oxygen atoms in total. The van der Waals surface area contributed by atoms with E-state index in [0.717, 1.165) is 22.5 Å². The summed E-state index contributed by atoms with van der Waals surface area (Å²) >= 11 is 0. The zero-order chi connectivity index (χ0) is 13.1. The van der Waals surface area contributed by atoms with Crippen molar-refractivity contribution in [1.29, 1.82) is 0 Å². The molecule has 0 unspecified atom stereocenters. The molecule has 0 bridgehead atoms. The van der Waals surface area contributed by atoms with E-state index in [2.05, 4.69) is 19.2 Å². The van der Waals surface area contributed by atoms with Crippen LogP contribution in [0.3, 0.4) is 0 Å². The van der Waals surface area contributed by atoms with Gasteiger partial charge in [0.15, 0.2) is 0 Å². The van der Waals surface area contributed by atoms with Gasteiger partial charge in [0.1, 0.15) is 11.6 Å². The fraction of sp³-hybridized carbons (Fsp3) is 0.333. The Labute approximate surface area is 107 Å². The number of halogens is 1. The Bertz CT molecular complexity index is 511. The predicted octanol–water partition coefficient (Wildman–Crippen LogP) is 3.89. The lowest BCUT2D eigenvalue weighted by molar-refractivity contribution is 0.466. The zero-order valence-corrected chi connectivity index (χ0v) is 11.0. The Morgan fingerprint density at radius 2 is 2.06 bits per heavy atom. The molecule has 1 heterocycles. The fourth-order valence-electron chi connectivity index (χ4n) is 1.92. The largest absolute Gasteiger partial charge is 0.467 e. The highest BCUT2D eigenvalue weighted by molar-refractivity contribution is 5.66. The molecule has 0 radical (unpaired) electrons. The molecule has 2 rings (SSSR count). The molecular formula is C15H18FNO. The zero-order valence-electron chi connectivity index (χ0n) is 11.0. The molecule has 3 heteroatoms. The van der Waals surface area contributed by atoms with Crippen LogP contribution in [0, 0.1) is 12.7 Å². The minimum absolute atomic E-state index is 0.214. The van der Waals surface area contributed by atoms with Crippen LogP contribution in [0.5, 0.6) is 0 Å². The first-order valence-electron chi connectivity index (χ1n) is 6.13. The lowest BCUT2D eigenvalue weighted by Crippen LogP contribution is -2.21. The van der Waals surface area contributed by atoms with Crippen molar-refractivity contribution in [3.8, 4) is 11.1 Å². The van der Waals surface area contributed by atoms with Gasteiger partial charge >= 0.3 is 0 Å². The van der Waals surface area contributed by atoms with Crippen molar-refractivity contribution in [2.75, 3.05) is 0 Å². The minimum Gasteiger partial charge on any atom is -0.467 e. The van der Waals surface area contributed by atoms with Crippen LogP contribution in [0.15, 0.2) is 34.9 Å². The number of nitrogens with one attached hydrogen (secondary N) is 1. The summed E-state index contributed by atoms with van der Waals surface area (Å²) in [6, 6.07) is 7.29. The van der Waals surface area contributed by atoms with Gasteiger partial charge in [-0.2, -0.15) is 0 Å². The first-order chi connectivity index (χ1) is 8.56. The first-order valence-corrected chi connectivity index (χ1v) is 6.13. The van der Waals surface area contributed by atoms with Gasteiger partial charge in [-0.3, -0.25) is 0 Å². The first kappa shape index (κ1) is 12.8. The smallest absolute Gasteiger partial charge is 0.125 e. The molecule has 0 saturated heterocycles. The minimum atomic E-state index is -0.214. The van der Waals surface area contributed by atoms with Crippen molar-refractivity contribution in [3.63, 3.8) is 0 Å². The van der Waals surface area contributed by atoms with Gasteiger partial charge in [-0.25, -0.2) is 4.39 Å². The molecule has 0 saturated carbocycles. The molecule has 18 heavy (non-hydrogen) atoms. The predicted molar refractivity (Wildman–Crippen MR) is 70.8 cm³/mol. The summed E-state index contributed by atoms with van der Waals surface area (Å²) in [5, 5.41) is 3.30. The molecule has 0 aliphatic rings. The van der Waals surface area contributed by atoms with E-state index in [4.69, 9.17) is 4.42 Å². The number of hydrogen-bond donors (Lipinski definition) is 1. The van der Waals surface area contributed by atoms with Gasteiger partial charge < -0.3 is 9.73 Å². The molecule has 1 aromatic carbocycles. The van der Waals surface area contributed by atoms with Gasteiger partial charge in [0.2, 0.25) is 0 Å². The highest BCUT2D eigenvalue weighted by Gasteiger charge is 2.10. The van der Waals surface area contributed by atoms with Crippen molar-refractivity contribution in [2.24, 2.45) is 0 Å². The van der Waals surface area contributed by atoms with Crippen LogP contribution in [0.2, 0.25) is 0 Å². The van der Waals surface area contributed by atoms with E-state index in [1.807, 2.05) is 19.1 Å². The molecule has 0 spiro atoms. The van der Waals surface area contributed by atoms with Crippen LogP contribution >= 0.6 is 0 Å². The van der Waals surface area contributed by atoms with Crippen molar-refractivity contribution in [1.82, 2.24) is 5.32 Å². The van der Waals surface area contributed by atoms with Crippen molar-refractivity contribution < 1.29 is 8.81 Å². The Morgan fingerprint density at radius 3 is 2.72 bits per heavy atom. The maximum Gasteiger partial charge on any atom is 0.125 e. The second-order valence-corrected chi connectivity index (χ2v) is 4.81. The standard InChI is InChI=1S/C15H18FNO/c1-10(2)17-9-15-14(4-5-18-15)12-6-11(3)7-13(16)8-12/h4-8,10,17H,9H2,1-3H3. The molecule has 2 aromatic rings. The molecule has 0 aliphatic heterocycles. The van der Waals surface area contributed by atoms with Gasteiger partial charge in [-0.15, -0.1) is 0 Å². The number of rotatable bonds is 4. The SMILES string of the molecule is Cc1cc(F)cc(-c2ccoc2CNC(C)C)c1. The lowest BCUT2D eigenvalue weighted by Gasteiger charge is -2.08. The van der Waals surface area contributed by atoms with E-state index in [1.165, 1.54) is 12.1 Å². The Hall–Kier alpha value is -1.61. The quantitative estimate of drug-likeness (QED) is 0.886. The number of furan rings is 1. The monoisotopic (exact) mass is 247 g/mol. The molecule has 1 aromatic heterocycles. The summed E-state index contributed by atoms with van der Waals surface area (Å²) in [5.41, 5.74) is 2.72. The maximum atomic E-state index is 13.4. The molecule has 0 amide bonds. The van der Waals surface area contributed by atoms with Crippen molar-refractivity contribution in [3.05, 3.63) is 47.7 Å². The van der Waals surface area contributed by atoms with E-state index in [-0.39, 0.29) is 5.82 Å². The summed E-state index contributed by atoms with van der Waals surface area (Å²) in [7, 11) is 0. The summed E-state index contributed by atoms with van der Waals surface area (Å²) < 4.78 is 18.9. The van der Waals surface area contributed by atoms with E-state index >= 15 is 0 Å². The second-order valence-electron chi connectivity index (χ2n) is 4.81. The Morgan fingerprint density at radius 1 is 1.28 bits per heavy atom. The van der Waals surface area contributed by atoms with Crippen LogP contribution in [-0.4, -0.2) is 6.04 Å². The molecule has 0 aliphatic carbocycles. The van der Waals surface area contributed by atoms with Crippen molar-refractivity contribution in [2.45, 2.75) is 33.4 Å². The molecule has 0 atom stereocenters. The van der Waals surface area contributed by atoms with Gasteiger partial charge in [-0.05, 0) is 36.2 Å². The fourth-order valence-corrected chi connectivity index (χ4v) is 1.92. The third-order valence-electron chi connectivity index (χ3n) is 2.77. The van der Waals surface area contributed by atoms with Crippen LogP contribution in [0.4, 0.5) is 4.39 Å². The van der Waals surface area contributed by atoms with Gasteiger partial charge in [0.25, 0.3) is 0 Å². The Balaban J connectivity index is 2.30. The van der Waals surface area contributed by atoms with Crippen LogP contribution in [-0.2, 0) is 6.54 Å². The van der Waals surface area contributed by atoms with Gasteiger partial charge in [0, 0.05) is 11.6 Å². The summed E-state index contributed by atoms with van der Waals surface area (Å²) in [6.07, 6.45) is 1.65. The summed E-state index contributed by atoms with van der Waals surface area (Å²) in [5.74, 6) is 0.627. The number of hydrogen-bond acceptors (Lipinski definition) is 2. The van der Waals surface area contributed by atoms with E-state index in [9.17, 15) is 4.39 Å². The van der Waals surface area contributed by atoms with Crippen LogP contribution in [0.25, 0.3) is 11.1 Å². The van der Waals surface area contributed by atoms with E-state index in [0.29, 0.717) is 12.6 Å². The average molecular weight is 247 g/mol. The lowest BCUT2D eigenvalue weighted by atomic mass is 10.0. The van der Waals surface area contributed by atoms with Crippen LogP contribution < -0.4 is 5.32 Å². The molecule has 96 valence electrons. The second kappa shape index (κ2) is 5.36. The Kier molecular flexibility index (Phi) is 3.82. The molecule has 1 N–H and O–H groups in total. The average Bonchev–Trinajstić information content (AvgIpc) is 2.72. The van der Waals surface area contributed by atoms with E-state index < -0.39 is 0 Å². The molecular weight excluding hydrogens is 229 g/mol. The highest BCUT2D eigenvalue weighted by atomic mass is 19.1. The highest BCUT2D eigenvalue weighted by Crippen LogP contribution is 2.26. The third kappa shape index (κ3) is 2.99. The van der Waals surface area contributed by atoms with Gasteiger partial charge in [0.05, 0.1) is 12.8 Å². The van der Waals surface area contributed by atoms with Crippen LogP contribution in [0.1, 0.15) is 25.2 Å². The summed E-state index contributed by atoms with van der Waals surface area (Å²) in [6.45, 7) is 6.69. The molecule has 0 fully saturated rings. The number of benzene rings is 1. The third-order valence-corrected chi connectivity index (χ3v) is 2.77. The summed E-state index contributed by atoms with van der Waals surface area (Å²) in [4.78, 5) is 0. The maximum absolute atomic E-state index is 13.4. The van der Waals surface area contributed by atoms with E-state index in [1.54, 1.807) is 6.26 Å². The van der Waals surface area contributed by atoms with Gasteiger partial charge in [-0.1, -0.05) is 19.9 Å². The van der Waals surface area contributed by atoms with Crippen molar-refractivity contribution >= 4 is 0 Å². The topological polar surface area (TPSA) is 25.2 Å². The number of aryl methyl sites for hydroxylation is 1.